The molecule has 0 saturated carbocycles. The van der Waals surface area contributed by atoms with E-state index in [1.807, 2.05) is 18.2 Å². The molecule has 0 heterocycles. The number of ether oxygens (including phenoxy) is 1. The van der Waals surface area contributed by atoms with Crippen LogP contribution in [0.3, 0.4) is 0 Å². The minimum absolute atomic E-state index is 0.113. The molecular weight excluding hydrogens is 380 g/mol. The smallest absolute Gasteiger partial charge is 0.198 e. The van der Waals surface area contributed by atoms with Crippen LogP contribution in [-0.4, -0.2) is 25.9 Å². The Morgan fingerprint density at radius 1 is 0.852 bits per heavy atom. The first-order valence-electron chi connectivity index (χ1n) is 8.22. The van der Waals surface area contributed by atoms with Crippen LogP contribution in [0.1, 0.15) is 10.4 Å². The zero-order chi connectivity index (χ0) is 19.3. The third-order valence-electron chi connectivity index (χ3n) is 3.93. The molecule has 0 fully saturated rings. The summed E-state index contributed by atoms with van der Waals surface area (Å²) in [5, 5.41) is 0. The molecule has 0 aliphatic carbocycles. The third kappa shape index (κ3) is 4.23. The van der Waals surface area contributed by atoms with Crippen LogP contribution >= 0.6 is 11.8 Å². The van der Waals surface area contributed by atoms with Crippen molar-refractivity contribution < 1.29 is 17.9 Å². The van der Waals surface area contributed by atoms with Gasteiger partial charge in [0.2, 0.25) is 0 Å². The van der Waals surface area contributed by atoms with Crippen LogP contribution in [0.5, 0.6) is 5.75 Å². The van der Waals surface area contributed by atoms with Crippen molar-refractivity contribution in [3.63, 3.8) is 0 Å². The molecule has 27 heavy (non-hydrogen) atoms. The highest BCUT2D eigenvalue weighted by molar-refractivity contribution is 8.14. The van der Waals surface area contributed by atoms with Crippen LogP contribution in [0.2, 0.25) is 0 Å². The lowest BCUT2D eigenvalue weighted by atomic mass is 10.1. The number of hydrogen-bond acceptors (Lipinski definition) is 5. The summed E-state index contributed by atoms with van der Waals surface area (Å²) in [6.45, 7) is 0. The molecule has 0 aromatic heterocycles. The van der Waals surface area contributed by atoms with Gasteiger partial charge in [0.25, 0.3) is 0 Å². The molecular formula is C21H18O4S2. The highest BCUT2D eigenvalue weighted by Crippen LogP contribution is 2.34. The largest absolute Gasteiger partial charge is 0.496 e. The molecule has 1 atom stereocenters. The minimum atomic E-state index is -3.91. The molecule has 0 aliphatic rings. The van der Waals surface area contributed by atoms with Gasteiger partial charge in [-0.2, -0.15) is 0 Å². The van der Waals surface area contributed by atoms with Crippen molar-refractivity contribution in [1.29, 1.82) is 0 Å². The molecule has 6 heteroatoms. The fraction of sp³-hybridized carbons (Fsp3) is 0.0952. The Kier molecular flexibility index (Phi) is 5.98. The Balaban J connectivity index is 2.09. The third-order valence-corrected chi connectivity index (χ3v) is 7.65. The van der Waals surface area contributed by atoms with Gasteiger partial charge in [0.05, 0.1) is 17.6 Å². The number of para-hydroxylation sites is 1. The van der Waals surface area contributed by atoms with Crippen molar-refractivity contribution in [3.8, 4) is 5.75 Å². The topological polar surface area (TPSA) is 60.4 Å². The number of ketones is 1. The van der Waals surface area contributed by atoms with Gasteiger partial charge in [-0.05, 0) is 36.4 Å². The standard InChI is InChI=1S/C21H18O4S2/c1-25-19-15-9-8-14-18(19)20(22)21(26-16-10-4-2-5-11-16)27(23,24)17-12-6-3-7-13-17/h2-15,21H,1H3. The molecule has 0 aliphatic heterocycles. The van der Waals surface area contributed by atoms with Crippen molar-refractivity contribution >= 4 is 27.4 Å². The summed E-state index contributed by atoms with van der Waals surface area (Å²) in [5.41, 5.74) is 0.243. The molecule has 0 radical (unpaired) electrons. The second-order valence-electron chi connectivity index (χ2n) is 5.69. The van der Waals surface area contributed by atoms with Crippen molar-refractivity contribution in [2.45, 2.75) is 14.4 Å². The van der Waals surface area contributed by atoms with Crippen LogP contribution in [-0.2, 0) is 9.84 Å². The molecule has 3 aromatic carbocycles. The molecule has 3 aromatic rings. The molecule has 1 unspecified atom stereocenters. The maximum Gasteiger partial charge on any atom is 0.198 e. The number of benzene rings is 3. The van der Waals surface area contributed by atoms with E-state index in [0.717, 1.165) is 11.8 Å². The highest BCUT2D eigenvalue weighted by Gasteiger charge is 2.36. The predicted molar refractivity (Wildman–Crippen MR) is 107 cm³/mol. The second-order valence-corrected chi connectivity index (χ2v) is 9.20. The summed E-state index contributed by atoms with van der Waals surface area (Å²) in [6.07, 6.45) is 0. The first-order chi connectivity index (χ1) is 13.0. The number of sulfone groups is 1. The van der Waals surface area contributed by atoms with Crippen molar-refractivity contribution in [2.24, 2.45) is 0 Å². The summed E-state index contributed by atoms with van der Waals surface area (Å²) in [7, 11) is -2.46. The Morgan fingerprint density at radius 3 is 2.04 bits per heavy atom. The van der Waals surface area contributed by atoms with E-state index in [9.17, 15) is 13.2 Å². The van der Waals surface area contributed by atoms with Gasteiger partial charge in [-0.3, -0.25) is 4.79 Å². The summed E-state index contributed by atoms with van der Waals surface area (Å²) in [4.78, 5) is 14.1. The molecule has 0 N–H and O–H groups in total. The average Bonchev–Trinajstić information content (AvgIpc) is 2.72. The molecule has 0 saturated heterocycles. The van der Waals surface area contributed by atoms with Gasteiger partial charge in [-0.25, -0.2) is 8.42 Å². The highest BCUT2D eigenvalue weighted by atomic mass is 32.3. The Hall–Kier alpha value is -2.57. The van der Waals surface area contributed by atoms with Crippen LogP contribution < -0.4 is 4.74 Å². The summed E-state index contributed by atoms with van der Waals surface area (Å²) in [6, 6.07) is 23.7. The Bertz CT molecular complexity index is 1020. The molecule has 0 spiro atoms. The van der Waals surface area contributed by atoms with Gasteiger partial charge >= 0.3 is 0 Å². The van der Waals surface area contributed by atoms with Crippen LogP contribution in [0, 0.1) is 0 Å². The van der Waals surface area contributed by atoms with Gasteiger partial charge in [0.1, 0.15) is 5.75 Å². The maximum atomic E-state index is 13.3. The van der Waals surface area contributed by atoms with E-state index in [4.69, 9.17) is 4.74 Å². The number of carbonyl (C=O) groups excluding carboxylic acids is 1. The summed E-state index contributed by atoms with van der Waals surface area (Å²) in [5.74, 6) is -0.158. The lowest BCUT2D eigenvalue weighted by Crippen LogP contribution is -2.28. The Morgan fingerprint density at radius 2 is 1.41 bits per heavy atom. The summed E-state index contributed by atoms with van der Waals surface area (Å²) >= 11 is 1.02. The molecule has 0 bridgehead atoms. The fourth-order valence-corrected chi connectivity index (χ4v) is 5.75. The SMILES string of the molecule is COc1ccccc1C(=O)C(Sc1ccccc1)S(=O)(=O)c1ccccc1. The van der Waals surface area contributed by atoms with E-state index >= 15 is 0 Å². The zero-order valence-corrected chi connectivity index (χ0v) is 16.2. The van der Waals surface area contributed by atoms with Crippen molar-refractivity contribution in [3.05, 3.63) is 90.5 Å². The normalized spacial score (nSPS) is 12.3. The van der Waals surface area contributed by atoms with Gasteiger partial charge in [0.15, 0.2) is 20.2 Å². The second kappa shape index (κ2) is 8.41. The monoisotopic (exact) mass is 398 g/mol. The zero-order valence-electron chi connectivity index (χ0n) is 14.6. The van der Waals surface area contributed by atoms with Gasteiger partial charge in [-0.1, -0.05) is 60.3 Å². The van der Waals surface area contributed by atoms with Crippen molar-refractivity contribution in [2.75, 3.05) is 7.11 Å². The number of hydrogen-bond donors (Lipinski definition) is 0. The number of Topliss-reactive ketones (excluding diaryl/α,β-unsaturated/α-hetero) is 1. The minimum Gasteiger partial charge on any atom is -0.496 e. The van der Waals surface area contributed by atoms with Crippen molar-refractivity contribution in [1.82, 2.24) is 0 Å². The van der Waals surface area contributed by atoms with Crippen LogP contribution in [0.25, 0.3) is 0 Å². The first kappa shape index (κ1) is 19.2. The molecule has 138 valence electrons. The summed E-state index contributed by atoms with van der Waals surface area (Å²) < 4.78 is 30.5. The Labute approximate surface area is 163 Å². The van der Waals surface area contributed by atoms with Gasteiger partial charge in [-0.15, -0.1) is 0 Å². The number of thioether (sulfide) groups is 1. The van der Waals surface area contributed by atoms with Crippen LogP contribution in [0.15, 0.2) is 94.7 Å². The lowest BCUT2D eigenvalue weighted by molar-refractivity contribution is 0.101. The fourth-order valence-electron chi connectivity index (χ4n) is 2.59. The first-order valence-corrected chi connectivity index (χ1v) is 10.6. The number of rotatable bonds is 7. The van der Waals surface area contributed by atoms with Gasteiger partial charge < -0.3 is 4.74 Å². The lowest BCUT2D eigenvalue weighted by Gasteiger charge is -2.18. The van der Waals surface area contributed by atoms with E-state index in [0.29, 0.717) is 10.6 Å². The molecule has 0 amide bonds. The predicted octanol–water partition coefficient (Wildman–Crippen LogP) is 4.47. The van der Waals surface area contributed by atoms with Gasteiger partial charge in [0, 0.05) is 4.90 Å². The van der Waals surface area contributed by atoms with E-state index in [-0.39, 0.29) is 10.5 Å². The maximum absolute atomic E-state index is 13.3. The average molecular weight is 399 g/mol. The van der Waals surface area contributed by atoms with E-state index in [1.54, 1.807) is 54.6 Å². The van der Waals surface area contributed by atoms with E-state index in [1.165, 1.54) is 19.2 Å². The molecule has 4 nitrogen and oxygen atoms in total. The quantitative estimate of drug-likeness (QED) is 0.434. The van der Waals surface area contributed by atoms with E-state index in [2.05, 4.69) is 0 Å². The number of methoxy groups -OCH3 is 1. The number of carbonyl (C=O) groups is 1. The molecule has 3 rings (SSSR count). The van der Waals surface area contributed by atoms with E-state index < -0.39 is 20.2 Å². The van der Waals surface area contributed by atoms with Crippen LogP contribution in [0.4, 0.5) is 0 Å².